The van der Waals surface area contributed by atoms with E-state index in [2.05, 4.69) is 22.7 Å². The molecule has 0 atom stereocenters. The first-order valence-corrected chi connectivity index (χ1v) is 5.88. The average molecular weight is 295 g/mol. The largest absolute Gasteiger partial charge is 0.427 e. The molecule has 0 heterocycles. The normalized spacial score (nSPS) is 10.1. The maximum atomic E-state index is 11.0. The molecule has 0 fully saturated rings. The summed E-state index contributed by atoms with van der Waals surface area (Å²) in [6, 6.07) is 4.50. The van der Waals surface area contributed by atoms with Crippen molar-refractivity contribution in [2.75, 3.05) is 0 Å². The summed E-state index contributed by atoms with van der Waals surface area (Å²) in [5.74, 6) is -0.524. The predicted molar refractivity (Wildman–Crippen MR) is 76.6 cm³/mol. The smallest absolute Gasteiger partial charge is 0.308 e. The first-order chi connectivity index (χ1) is 9.36. The van der Waals surface area contributed by atoms with Gasteiger partial charge >= 0.3 is 11.9 Å². The second kappa shape index (κ2) is 7.19. The van der Waals surface area contributed by atoms with Gasteiger partial charge in [-0.25, -0.2) is 0 Å². The number of thiocarbonyl (C=S) groups is 1. The van der Waals surface area contributed by atoms with Gasteiger partial charge in [-0.15, -0.1) is 0 Å². The van der Waals surface area contributed by atoms with Gasteiger partial charge in [-0.05, 0) is 24.4 Å². The number of benzene rings is 1. The molecule has 0 aliphatic heterocycles. The van der Waals surface area contributed by atoms with E-state index < -0.39 is 11.9 Å². The van der Waals surface area contributed by atoms with Gasteiger partial charge in [-0.3, -0.25) is 15.0 Å². The highest BCUT2D eigenvalue weighted by molar-refractivity contribution is 7.80. The molecular weight excluding hydrogens is 282 g/mol. The summed E-state index contributed by atoms with van der Waals surface area (Å²) >= 11 is 4.59. The molecule has 0 aromatic heterocycles. The van der Waals surface area contributed by atoms with Crippen molar-refractivity contribution < 1.29 is 19.1 Å². The zero-order valence-electron chi connectivity index (χ0n) is 10.9. The molecule has 0 aliphatic rings. The van der Waals surface area contributed by atoms with E-state index >= 15 is 0 Å². The third-order valence-electron chi connectivity index (χ3n) is 1.81. The highest BCUT2D eigenvalue weighted by Gasteiger charge is 2.06. The number of hydrazone groups is 1. The van der Waals surface area contributed by atoms with E-state index in [1.807, 2.05) is 0 Å². The van der Waals surface area contributed by atoms with Gasteiger partial charge in [-0.1, -0.05) is 0 Å². The van der Waals surface area contributed by atoms with Crippen LogP contribution in [0.15, 0.2) is 23.3 Å². The van der Waals surface area contributed by atoms with Crippen LogP contribution in [-0.4, -0.2) is 23.3 Å². The maximum absolute atomic E-state index is 11.0. The van der Waals surface area contributed by atoms with Crippen molar-refractivity contribution in [3.63, 3.8) is 0 Å². The van der Waals surface area contributed by atoms with Crippen LogP contribution >= 0.6 is 12.2 Å². The number of hydrogen-bond donors (Lipinski definition) is 2. The first-order valence-electron chi connectivity index (χ1n) is 5.47. The summed E-state index contributed by atoms with van der Waals surface area (Å²) in [7, 11) is 0. The molecule has 106 valence electrons. The Balaban J connectivity index is 3.02. The van der Waals surface area contributed by atoms with Gasteiger partial charge in [0.25, 0.3) is 0 Å². The summed E-state index contributed by atoms with van der Waals surface area (Å²) in [6.07, 6.45) is 1.39. The van der Waals surface area contributed by atoms with Crippen LogP contribution in [0.3, 0.4) is 0 Å². The molecule has 20 heavy (non-hydrogen) atoms. The summed E-state index contributed by atoms with van der Waals surface area (Å²) in [5, 5.41) is 3.77. The Hall–Kier alpha value is -2.48. The molecule has 8 heteroatoms. The number of ether oxygens (including phenoxy) is 2. The highest BCUT2D eigenvalue weighted by Crippen LogP contribution is 2.22. The first kappa shape index (κ1) is 15.6. The van der Waals surface area contributed by atoms with Crippen molar-refractivity contribution in [1.29, 1.82) is 0 Å². The van der Waals surface area contributed by atoms with Crippen LogP contribution in [0.2, 0.25) is 0 Å². The number of carbonyl (C=O) groups excluding carboxylic acids is 2. The van der Waals surface area contributed by atoms with Gasteiger partial charge in [-0.2, -0.15) is 5.10 Å². The lowest BCUT2D eigenvalue weighted by atomic mass is 10.2. The highest BCUT2D eigenvalue weighted by atomic mass is 32.1. The SMILES string of the molecule is CC(=O)Oc1cc(/C=N/NC(N)=S)cc(OC(C)=O)c1. The second-order valence-corrected chi connectivity index (χ2v) is 4.10. The maximum Gasteiger partial charge on any atom is 0.308 e. The van der Waals surface area contributed by atoms with Crippen molar-refractivity contribution in [2.45, 2.75) is 13.8 Å². The molecule has 0 aliphatic carbocycles. The predicted octanol–water partition coefficient (Wildman–Crippen LogP) is 0.704. The van der Waals surface area contributed by atoms with Crippen LogP contribution < -0.4 is 20.6 Å². The molecule has 1 aromatic rings. The van der Waals surface area contributed by atoms with E-state index in [0.29, 0.717) is 5.56 Å². The molecular formula is C12H13N3O4S. The number of nitrogens with zero attached hydrogens (tertiary/aromatic N) is 1. The van der Waals surface area contributed by atoms with Gasteiger partial charge in [0, 0.05) is 25.5 Å². The van der Waals surface area contributed by atoms with Crippen LogP contribution in [0.5, 0.6) is 11.5 Å². The Labute approximate surface area is 120 Å². The fraction of sp³-hybridized carbons (Fsp3) is 0.167. The summed E-state index contributed by atoms with van der Waals surface area (Å²) in [6.45, 7) is 2.53. The average Bonchev–Trinajstić information content (AvgIpc) is 2.25. The monoisotopic (exact) mass is 295 g/mol. The number of carbonyl (C=O) groups is 2. The minimum absolute atomic E-state index is 0.0117. The minimum Gasteiger partial charge on any atom is -0.427 e. The fourth-order valence-corrected chi connectivity index (χ4v) is 1.34. The van der Waals surface area contributed by atoms with Gasteiger partial charge < -0.3 is 15.2 Å². The van der Waals surface area contributed by atoms with Gasteiger partial charge in [0.05, 0.1) is 6.21 Å². The quantitative estimate of drug-likeness (QED) is 0.277. The lowest BCUT2D eigenvalue weighted by Gasteiger charge is -2.07. The number of hydrogen-bond acceptors (Lipinski definition) is 6. The standard InChI is InChI=1S/C12H13N3O4S/c1-7(16)18-10-3-9(6-14-15-12(13)20)4-11(5-10)19-8(2)17/h3-6H,1-2H3,(H3,13,15,20)/b14-6+. The molecule has 0 spiro atoms. The van der Waals surface area contributed by atoms with Crippen molar-refractivity contribution >= 4 is 35.5 Å². The van der Waals surface area contributed by atoms with Crippen LogP contribution in [0.1, 0.15) is 19.4 Å². The number of nitrogens with one attached hydrogen (secondary N) is 1. The van der Waals surface area contributed by atoms with Crippen molar-refractivity contribution in [3.05, 3.63) is 23.8 Å². The van der Waals surface area contributed by atoms with Gasteiger partial charge in [0.1, 0.15) is 11.5 Å². The van der Waals surface area contributed by atoms with E-state index in [4.69, 9.17) is 15.2 Å². The minimum atomic E-state index is -0.492. The summed E-state index contributed by atoms with van der Waals surface area (Å²) in [5.41, 5.74) is 8.12. The Kier molecular flexibility index (Phi) is 5.60. The Morgan fingerprint density at radius 3 is 2.10 bits per heavy atom. The molecule has 7 nitrogen and oxygen atoms in total. The number of nitrogens with two attached hydrogens (primary N) is 1. The Bertz CT molecular complexity index is 538. The molecule has 1 rings (SSSR count). The third-order valence-corrected chi connectivity index (χ3v) is 1.91. The summed E-state index contributed by atoms with van der Waals surface area (Å²) < 4.78 is 9.88. The molecule has 0 radical (unpaired) electrons. The van der Waals surface area contributed by atoms with Gasteiger partial charge in [0.15, 0.2) is 5.11 Å². The van der Waals surface area contributed by atoms with Crippen molar-refractivity contribution in [2.24, 2.45) is 10.8 Å². The lowest BCUT2D eigenvalue weighted by molar-refractivity contribution is -0.132. The van der Waals surface area contributed by atoms with Crippen LogP contribution in [0.4, 0.5) is 0 Å². The molecule has 3 N–H and O–H groups in total. The topological polar surface area (TPSA) is 103 Å². The molecule has 0 unspecified atom stereocenters. The molecule has 0 amide bonds. The van der Waals surface area contributed by atoms with Crippen LogP contribution in [-0.2, 0) is 9.59 Å². The fourth-order valence-electron chi connectivity index (χ4n) is 1.29. The molecule has 0 saturated carbocycles. The van der Waals surface area contributed by atoms with E-state index in [0.717, 1.165) is 0 Å². The number of esters is 2. The van der Waals surface area contributed by atoms with Crippen molar-refractivity contribution in [1.82, 2.24) is 5.43 Å². The zero-order valence-corrected chi connectivity index (χ0v) is 11.7. The molecule has 1 aromatic carbocycles. The van der Waals surface area contributed by atoms with E-state index in [-0.39, 0.29) is 16.6 Å². The van der Waals surface area contributed by atoms with Gasteiger partial charge in [0.2, 0.25) is 0 Å². The van der Waals surface area contributed by atoms with E-state index in [9.17, 15) is 9.59 Å². The Morgan fingerprint density at radius 2 is 1.70 bits per heavy atom. The van der Waals surface area contributed by atoms with E-state index in [1.54, 1.807) is 12.1 Å². The summed E-state index contributed by atoms with van der Waals surface area (Å²) in [4.78, 5) is 21.9. The zero-order chi connectivity index (χ0) is 15.1. The van der Waals surface area contributed by atoms with E-state index in [1.165, 1.54) is 26.1 Å². The third kappa shape index (κ3) is 5.91. The number of rotatable bonds is 4. The Morgan fingerprint density at radius 1 is 1.20 bits per heavy atom. The van der Waals surface area contributed by atoms with Crippen LogP contribution in [0.25, 0.3) is 0 Å². The van der Waals surface area contributed by atoms with Crippen LogP contribution in [0, 0.1) is 0 Å². The molecule has 0 bridgehead atoms. The second-order valence-electron chi connectivity index (χ2n) is 3.66. The molecule has 0 saturated heterocycles. The lowest BCUT2D eigenvalue weighted by Crippen LogP contribution is -2.24. The van der Waals surface area contributed by atoms with Crippen molar-refractivity contribution in [3.8, 4) is 11.5 Å².